The maximum Gasteiger partial charge on any atom is 0.208 e. The second-order valence-electron chi connectivity index (χ2n) is 6.79. The maximum atomic E-state index is 11.0. The van der Waals surface area contributed by atoms with Crippen LogP contribution < -0.4 is 4.90 Å². The molecule has 2 aliphatic rings. The van der Waals surface area contributed by atoms with E-state index < -0.39 is 5.60 Å². The van der Waals surface area contributed by atoms with E-state index in [0.717, 1.165) is 29.6 Å². The van der Waals surface area contributed by atoms with Crippen LogP contribution in [0.3, 0.4) is 0 Å². The van der Waals surface area contributed by atoms with E-state index in [4.69, 9.17) is 0 Å². The SMILES string of the molecule is CC(C)c1nnc(N2CCC(O)(C3CCC3)C(C)C2)s1. The molecule has 2 fully saturated rings. The molecule has 1 aromatic rings. The van der Waals surface area contributed by atoms with Gasteiger partial charge in [-0.2, -0.15) is 0 Å². The van der Waals surface area contributed by atoms with E-state index in [1.54, 1.807) is 11.3 Å². The topological polar surface area (TPSA) is 49.2 Å². The van der Waals surface area contributed by atoms with E-state index in [2.05, 4.69) is 35.9 Å². The molecule has 2 unspecified atom stereocenters. The van der Waals surface area contributed by atoms with Gasteiger partial charge in [0.15, 0.2) is 0 Å². The third-order valence-electron chi connectivity index (χ3n) is 5.14. The van der Waals surface area contributed by atoms with Crippen molar-refractivity contribution in [3.63, 3.8) is 0 Å². The first-order chi connectivity index (χ1) is 9.50. The number of piperidine rings is 1. The normalized spacial score (nSPS) is 31.6. The van der Waals surface area contributed by atoms with Crippen molar-refractivity contribution in [2.24, 2.45) is 11.8 Å². The molecule has 1 aromatic heterocycles. The third kappa shape index (κ3) is 2.35. The van der Waals surface area contributed by atoms with Gasteiger partial charge < -0.3 is 10.0 Å². The van der Waals surface area contributed by atoms with Gasteiger partial charge in [0.1, 0.15) is 5.01 Å². The molecule has 1 N–H and O–H groups in total. The minimum Gasteiger partial charge on any atom is -0.389 e. The Morgan fingerprint density at radius 3 is 2.60 bits per heavy atom. The van der Waals surface area contributed by atoms with Crippen molar-refractivity contribution < 1.29 is 5.11 Å². The van der Waals surface area contributed by atoms with Gasteiger partial charge in [-0.05, 0) is 25.2 Å². The molecule has 1 aliphatic heterocycles. The zero-order valence-electron chi connectivity index (χ0n) is 12.7. The van der Waals surface area contributed by atoms with Crippen molar-refractivity contribution in [2.45, 2.75) is 58.0 Å². The summed E-state index contributed by atoms with van der Waals surface area (Å²) in [7, 11) is 0. The molecule has 112 valence electrons. The molecule has 0 aromatic carbocycles. The lowest BCUT2D eigenvalue weighted by Gasteiger charge is -2.50. The van der Waals surface area contributed by atoms with E-state index in [1.807, 2.05) is 0 Å². The van der Waals surface area contributed by atoms with Gasteiger partial charge in [0.05, 0.1) is 5.60 Å². The average molecular weight is 295 g/mol. The van der Waals surface area contributed by atoms with Gasteiger partial charge in [-0.15, -0.1) is 10.2 Å². The molecule has 0 spiro atoms. The molecular formula is C15H25N3OS. The Kier molecular flexibility index (Phi) is 3.75. The second kappa shape index (κ2) is 5.26. The first-order valence-corrected chi connectivity index (χ1v) is 8.63. The summed E-state index contributed by atoms with van der Waals surface area (Å²) in [6.07, 6.45) is 4.57. The van der Waals surface area contributed by atoms with Gasteiger partial charge >= 0.3 is 0 Å². The highest BCUT2D eigenvalue weighted by molar-refractivity contribution is 7.15. The number of hydrogen-bond acceptors (Lipinski definition) is 5. The summed E-state index contributed by atoms with van der Waals surface area (Å²) in [5.41, 5.74) is -0.444. The van der Waals surface area contributed by atoms with Crippen LogP contribution in [0.4, 0.5) is 5.13 Å². The maximum absolute atomic E-state index is 11.0. The van der Waals surface area contributed by atoms with Crippen LogP contribution in [0.5, 0.6) is 0 Å². The number of nitrogens with zero attached hydrogens (tertiary/aromatic N) is 3. The number of aromatic nitrogens is 2. The van der Waals surface area contributed by atoms with Gasteiger partial charge in [-0.1, -0.05) is 38.5 Å². The lowest BCUT2D eigenvalue weighted by atomic mass is 9.65. The van der Waals surface area contributed by atoms with Crippen molar-refractivity contribution >= 4 is 16.5 Å². The van der Waals surface area contributed by atoms with Gasteiger partial charge in [0.25, 0.3) is 0 Å². The molecular weight excluding hydrogens is 270 g/mol. The van der Waals surface area contributed by atoms with Crippen molar-refractivity contribution in [1.29, 1.82) is 0 Å². The Balaban J connectivity index is 1.69. The van der Waals surface area contributed by atoms with Gasteiger partial charge in [-0.3, -0.25) is 0 Å². The zero-order chi connectivity index (χ0) is 14.3. The second-order valence-corrected chi connectivity index (χ2v) is 7.78. The number of anilines is 1. The van der Waals surface area contributed by atoms with Crippen molar-refractivity contribution in [3.8, 4) is 0 Å². The molecule has 4 nitrogen and oxygen atoms in total. The Hall–Kier alpha value is -0.680. The highest BCUT2D eigenvalue weighted by atomic mass is 32.1. The fourth-order valence-electron chi connectivity index (χ4n) is 3.42. The molecule has 1 aliphatic carbocycles. The van der Waals surface area contributed by atoms with Crippen LogP contribution in [-0.2, 0) is 0 Å². The van der Waals surface area contributed by atoms with Crippen LogP contribution in [0.15, 0.2) is 0 Å². The van der Waals surface area contributed by atoms with Crippen LogP contribution >= 0.6 is 11.3 Å². The number of hydrogen-bond donors (Lipinski definition) is 1. The fraction of sp³-hybridized carbons (Fsp3) is 0.867. The predicted molar refractivity (Wildman–Crippen MR) is 82.3 cm³/mol. The predicted octanol–water partition coefficient (Wildman–Crippen LogP) is 3.04. The first kappa shape index (κ1) is 14.3. The van der Waals surface area contributed by atoms with Crippen LogP contribution in [0, 0.1) is 11.8 Å². The Labute approximate surface area is 125 Å². The molecule has 1 saturated heterocycles. The standard InChI is InChI=1S/C15H25N3OS/c1-10(2)13-16-17-14(20-13)18-8-7-15(19,11(3)9-18)12-5-4-6-12/h10-12,19H,4-9H2,1-3H3. The van der Waals surface area contributed by atoms with Crippen molar-refractivity contribution in [3.05, 3.63) is 5.01 Å². The molecule has 20 heavy (non-hydrogen) atoms. The van der Waals surface area contributed by atoms with E-state index in [9.17, 15) is 5.11 Å². The van der Waals surface area contributed by atoms with Crippen molar-refractivity contribution in [2.75, 3.05) is 18.0 Å². The Morgan fingerprint density at radius 2 is 2.10 bits per heavy atom. The molecule has 2 atom stereocenters. The summed E-state index contributed by atoms with van der Waals surface area (Å²) in [6, 6.07) is 0. The molecule has 2 heterocycles. The Bertz CT molecular complexity index is 471. The van der Waals surface area contributed by atoms with Crippen LogP contribution in [0.2, 0.25) is 0 Å². The molecule has 5 heteroatoms. The van der Waals surface area contributed by atoms with E-state index in [0.29, 0.717) is 17.8 Å². The molecule has 0 amide bonds. The number of rotatable bonds is 3. The van der Waals surface area contributed by atoms with Crippen LogP contribution in [-0.4, -0.2) is 34.0 Å². The summed E-state index contributed by atoms with van der Waals surface area (Å²) < 4.78 is 0. The van der Waals surface area contributed by atoms with Crippen molar-refractivity contribution in [1.82, 2.24) is 10.2 Å². The van der Waals surface area contributed by atoms with E-state index >= 15 is 0 Å². The molecule has 1 saturated carbocycles. The summed E-state index contributed by atoms with van der Waals surface area (Å²) >= 11 is 1.70. The quantitative estimate of drug-likeness (QED) is 0.931. The van der Waals surface area contributed by atoms with Gasteiger partial charge in [-0.25, -0.2) is 0 Å². The highest BCUT2D eigenvalue weighted by Crippen LogP contribution is 2.45. The summed E-state index contributed by atoms with van der Waals surface area (Å²) in [5.74, 6) is 1.28. The monoisotopic (exact) mass is 295 g/mol. The average Bonchev–Trinajstić information content (AvgIpc) is 2.80. The minimum absolute atomic E-state index is 0.313. The lowest BCUT2D eigenvalue weighted by Crippen LogP contribution is -2.56. The summed E-state index contributed by atoms with van der Waals surface area (Å²) in [5, 5.41) is 21.7. The largest absolute Gasteiger partial charge is 0.389 e. The number of aliphatic hydroxyl groups is 1. The highest BCUT2D eigenvalue weighted by Gasteiger charge is 2.47. The van der Waals surface area contributed by atoms with Gasteiger partial charge in [0.2, 0.25) is 5.13 Å². The molecule has 0 bridgehead atoms. The van der Waals surface area contributed by atoms with E-state index in [-0.39, 0.29) is 0 Å². The molecule has 0 radical (unpaired) electrons. The van der Waals surface area contributed by atoms with Crippen LogP contribution in [0.1, 0.15) is 57.4 Å². The van der Waals surface area contributed by atoms with Gasteiger partial charge in [0, 0.05) is 24.9 Å². The minimum atomic E-state index is -0.444. The summed E-state index contributed by atoms with van der Waals surface area (Å²) in [6.45, 7) is 8.30. The first-order valence-electron chi connectivity index (χ1n) is 7.81. The van der Waals surface area contributed by atoms with Crippen LogP contribution in [0.25, 0.3) is 0 Å². The lowest BCUT2D eigenvalue weighted by molar-refractivity contribution is -0.102. The Morgan fingerprint density at radius 1 is 1.35 bits per heavy atom. The zero-order valence-corrected chi connectivity index (χ0v) is 13.5. The fourth-order valence-corrected chi connectivity index (χ4v) is 4.30. The van der Waals surface area contributed by atoms with E-state index in [1.165, 1.54) is 19.3 Å². The third-order valence-corrected chi connectivity index (χ3v) is 6.42. The summed E-state index contributed by atoms with van der Waals surface area (Å²) in [4.78, 5) is 2.31. The smallest absolute Gasteiger partial charge is 0.208 e. The molecule has 3 rings (SSSR count).